The van der Waals surface area contributed by atoms with Crippen molar-refractivity contribution in [3.05, 3.63) is 42.2 Å². The summed E-state index contributed by atoms with van der Waals surface area (Å²) < 4.78 is 11.2. The number of hydrogen-bond donors (Lipinski definition) is 0. The fourth-order valence-electron chi connectivity index (χ4n) is 3.67. The molecule has 0 fully saturated rings. The summed E-state index contributed by atoms with van der Waals surface area (Å²) in [6.45, 7) is 6.60. The van der Waals surface area contributed by atoms with Crippen LogP contribution < -0.4 is 4.74 Å². The molecule has 2 rings (SSSR count). The van der Waals surface area contributed by atoms with E-state index in [1.165, 1.54) is 44.1 Å². The lowest BCUT2D eigenvalue weighted by Gasteiger charge is -2.14. The highest BCUT2D eigenvalue weighted by molar-refractivity contribution is 5.69. The van der Waals surface area contributed by atoms with Gasteiger partial charge >= 0.3 is 5.97 Å². The first kappa shape index (κ1) is 26.8. The molecule has 5 nitrogen and oxygen atoms in total. The molecule has 0 saturated heterocycles. The van der Waals surface area contributed by atoms with Gasteiger partial charge in [0.05, 0.1) is 0 Å². The van der Waals surface area contributed by atoms with Gasteiger partial charge in [0.1, 0.15) is 18.5 Å². The number of benzene rings is 1. The second-order valence-corrected chi connectivity index (χ2v) is 8.88. The summed E-state index contributed by atoms with van der Waals surface area (Å²) in [5.74, 6) is 1.32. The van der Waals surface area contributed by atoms with Crippen molar-refractivity contribution in [2.45, 2.75) is 104 Å². The Morgan fingerprint density at radius 1 is 0.848 bits per heavy atom. The largest absolute Gasteiger partial charge is 0.490 e. The van der Waals surface area contributed by atoms with Gasteiger partial charge in [-0.1, -0.05) is 65.2 Å². The number of carbonyl (C=O) groups is 1. The highest BCUT2D eigenvalue weighted by Gasteiger charge is 2.10. The number of hydrogen-bond acceptors (Lipinski definition) is 5. The molecule has 1 atom stereocenters. The van der Waals surface area contributed by atoms with Gasteiger partial charge in [-0.25, -0.2) is 9.97 Å². The molecule has 0 saturated carbocycles. The van der Waals surface area contributed by atoms with Crippen LogP contribution in [0.25, 0.3) is 11.4 Å². The monoisotopic (exact) mass is 454 g/mol. The maximum atomic E-state index is 11.9. The van der Waals surface area contributed by atoms with Crippen LogP contribution in [0, 0.1) is 0 Å². The van der Waals surface area contributed by atoms with Gasteiger partial charge in [-0.05, 0) is 56.0 Å². The quantitative estimate of drug-likeness (QED) is 0.185. The lowest BCUT2D eigenvalue weighted by Crippen LogP contribution is -2.21. The highest BCUT2D eigenvalue weighted by atomic mass is 16.6. The third kappa shape index (κ3) is 11.3. The molecule has 0 amide bonds. The summed E-state index contributed by atoms with van der Waals surface area (Å²) in [5, 5.41) is 0. The fourth-order valence-corrected chi connectivity index (χ4v) is 3.67. The maximum absolute atomic E-state index is 11.9. The van der Waals surface area contributed by atoms with E-state index in [4.69, 9.17) is 9.47 Å². The van der Waals surface area contributed by atoms with Crippen molar-refractivity contribution in [3.63, 3.8) is 0 Å². The Labute approximate surface area is 200 Å². The minimum atomic E-state index is -0.272. The highest BCUT2D eigenvalue weighted by Crippen LogP contribution is 2.20. The Bertz CT molecular complexity index is 775. The maximum Gasteiger partial charge on any atom is 0.306 e. The van der Waals surface area contributed by atoms with Crippen LogP contribution in [-0.4, -0.2) is 28.6 Å². The van der Waals surface area contributed by atoms with Crippen LogP contribution in [0.4, 0.5) is 0 Å². The number of nitrogens with zero attached hydrogens (tertiary/aromatic N) is 2. The van der Waals surface area contributed by atoms with Gasteiger partial charge in [-0.15, -0.1) is 0 Å². The second kappa shape index (κ2) is 16.2. The zero-order chi connectivity index (χ0) is 23.7. The van der Waals surface area contributed by atoms with Crippen LogP contribution >= 0.6 is 0 Å². The Hall–Kier alpha value is -2.43. The Kier molecular flexibility index (Phi) is 13.2. The lowest BCUT2D eigenvalue weighted by atomic mass is 10.1. The van der Waals surface area contributed by atoms with Crippen LogP contribution in [-0.2, 0) is 16.0 Å². The molecule has 0 N–H and O–H groups in total. The molecule has 1 aromatic carbocycles. The molecule has 0 spiro atoms. The smallest absolute Gasteiger partial charge is 0.306 e. The summed E-state index contributed by atoms with van der Waals surface area (Å²) in [7, 11) is 0. The van der Waals surface area contributed by atoms with E-state index in [1.54, 1.807) is 0 Å². The number of carbonyl (C=O) groups excluding carboxylic acids is 1. The van der Waals surface area contributed by atoms with E-state index in [-0.39, 0.29) is 12.1 Å². The fraction of sp³-hybridized carbons (Fsp3) is 0.607. The molecule has 33 heavy (non-hydrogen) atoms. The van der Waals surface area contributed by atoms with Crippen LogP contribution in [0.15, 0.2) is 36.7 Å². The number of ether oxygens (including phenoxy) is 2. The molecule has 0 radical (unpaired) electrons. The van der Waals surface area contributed by atoms with E-state index >= 15 is 0 Å². The minimum absolute atomic E-state index is 0.144. The molecular formula is C28H42N2O3. The van der Waals surface area contributed by atoms with Crippen molar-refractivity contribution < 1.29 is 14.3 Å². The molecule has 1 aromatic heterocycles. The third-order valence-corrected chi connectivity index (χ3v) is 5.69. The topological polar surface area (TPSA) is 61.3 Å². The second-order valence-electron chi connectivity index (χ2n) is 8.88. The van der Waals surface area contributed by atoms with Crippen molar-refractivity contribution in [1.29, 1.82) is 0 Å². The van der Waals surface area contributed by atoms with Crippen LogP contribution in [0.5, 0.6) is 5.75 Å². The van der Waals surface area contributed by atoms with Crippen LogP contribution in [0.3, 0.4) is 0 Å². The summed E-state index contributed by atoms with van der Waals surface area (Å²) >= 11 is 0. The van der Waals surface area contributed by atoms with Gasteiger partial charge in [0.15, 0.2) is 5.82 Å². The predicted molar refractivity (Wildman–Crippen MR) is 134 cm³/mol. The average molecular weight is 455 g/mol. The molecule has 1 heterocycles. The summed E-state index contributed by atoms with van der Waals surface area (Å²) in [5.41, 5.74) is 2.16. The first-order valence-electron chi connectivity index (χ1n) is 12.9. The van der Waals surface area contributed by atoms with Gasteiger partial charge < -0.3 is 9.47 Å². The molecule has 1 unspecified atom stereocenters. The summed E-state index contributed by atoms with van der Waals surface area (Å²) in [6, 6.07) is 7.73. The van der Waals surface area contributed by atoms with Gasteiger partial charge in [-0.2, -0.15) is 0 Å². The predicted octanol–water partition coefficient (Wildman–Crippen LogP) is 7.33. The molecule has 0 aliphatic heterocycles. The molecule has 182 valence electrons. The third-order valence-electron chi connectivity index (χ3n) is 5.69. The van der Waals surface area contributed by atoms with Gasteiger partial charge in [0.2, 0.25) is 0 Å². The van der Waals surface area contributed by atoms with E-state index in [2.05, 4.69) is 23.8 Å². The molecule has 0 aliphatic rings. The van der Waals surface area contributed by atoms with Crippen LogP contribution in [0.1, 0.15) is 97.0 Å². The molecule has 0 aliphatic carbocycles. The van der Waals surface area contributed by atoms with E-state index < -0.39 is 0 Å². The van der Waals surface area contributed by atoms with Crippen molar-refractivity contribution in [3.8, 4) is 17.1 Å². The number of esters is 1. The summed E-state index contributed by atoms with van der Waals surface area (Å²) in [6.07, 6.45) is 17.2. The molecule has 0 bridgehead atoms. The Balaban J connectivity index is 1.71. The van der Waals surface area contributed by atoms with Crippen molar-refractivity contribution >= 4 is 5.97 Å². The standard InChI is InChI=1S/C28H42N2O3/c1-4-6-8-10-11-12-14-24-20-29-28(30-21-24)25-16-18-26(19-17-25)32-22-23(3)33-27(31)15-13-9-7-5-2/h16-21,23H,4-15,22H2,1-3H3. The van der Waals surface area contributed by atoms with Crippen molar-refractivity contribution in [1.82, 2.24) is 9.97 Å². The normalized spacial score (nSPS) is 11.8. The summed E-state index contributed by atoms with van der Waals surface area (Å²) in [4.78, 5) is 21.0. The number of aryl methyl sites for hydroxylation is 1. The zero-order valence-electron chi connectivity index (χ0n) is 20.9. The van der Waals surface area contributed by atoms with E-state index in [0.29, 0.717) is 13.0 Å². The van der Waals surface area contributed by atoms with E-state index in [0.717, 1.165) is 49.2 Å². The first-order chi connectivity index (χ1) is 16.1. The number of rotatable bonds is 17. The first-order valence-corrected chi connectivity index (χ1v) is 12.9. The SMILES string of the molecule is CCCCCCCCc1cnc(-c2ccc(OCC(C)OC(=O)CCCCCC)cc2)nc1. The van der Waals surface area contributed by atoms with Gasteiger partial charge in [-0.3, -0.25) is 4.79 Å². The Morgan fingerprint density at radius 3 is 2.12 bits per heavy atom. The van der Waals surface area contributed by atoms with E-state index in [1.807, 2.05) is 43.6 Å². The number of aromatic nitrogens is 2. The van der Waals surface area contributed by atoms with Crippen LogP contribution in [0.2, 0.25) is 0 Å². The Morgan fingerprint density at radius 2 is 1.45 bits per heavy atom. The number of unbranched alkanes of at least 4 members (excludes halogenated alkanes) is 8. The molecule has 2 aromatic rings. The molecule has 5 heteroatoms. The van der Waals surface area contributed by atoms with Crippen molar-refractivity contribution in [2.75, 3.05) is 6.61 Å². The molecular weight excluding hydrogens is 412 g/mol. The van der Waals surface area contributed by atoms with E-state index in [9.17, 15) is 4.79 Å². The van der Waals surface area contributed by atoms with Crippen molar-refractivity contribution in [2.24, 2.45) is 0 Å². The average Bonchev–Trinajstić information content (AvgIpc) is 2.83. The minimum Gasteiger partial charge on any atom is -0.490 e. The van der Waals surface area contributed by atoms with Gasteiger partial charge in [0, 0.05) is 24.4 Å². The zero-order valence-corrected chi connectivity index (χ0v) is 20.9. The van der Waals surface area contributed by atoms with Gasteiger partial charge in [0.25, 0.3) is 0 Å². The lowest BCUT2D eigenvalue weighted by molar-refractivity contribution is -0.149.